The van der Waals surface area contributed by atoms with E-state index in [0.717, 1.165) is 84.1 Å². The molecular weight excluding hydrogens is 813 g/mol. The average molecular weight is 883 g/mol. The van der Waals surface area contributed by atoms with Gasteiger partial charge in [-0.2, -0.15) is 0 Å². The van der Waals surface area contributed by atoms with Crippen LogP contribution in [-0.2, 0) is 19.1 Å². The molecule has 2 aliphatic heterocycles. The molecule has 10 heteroatoms. The highest BCUT2D eigenvalue weighted by Gasteiger charge is 2.45. The molecule has 5 atom stereocenters. The fourth-order valence-electron chi connectivity index (χ4n) is 9.94. The molecule has 0 spiro atoms. The van der Waals surface area contributed by atoms with Gasteiger partial charge < -0.3 is 19.4 Å². The number of Topliss-reactive ketones (excluding diaryl/α,β-unsaturated/α-hetero) is 2. The molecule has 1 unspecified atom stereocenters. The van der Waals surface area contributed by atoms with Crippen molar-refractivity contribution in [2.75, 3.05) is 13.7 Å². The fraction of sp³-hybridized carbons (Fsp3) is 0.491. The molecule has 5 heterocycles. The summed E-state index contributed by atoms with van der Waals surface area (Å²) >= 11 is 0. The van der Waals surface area contributed by atoms with Gasteiger partial charge in [-0.1, -0.05) is 61.3 Å². The Morgan fingerprint density at radius 3 is 1.89 bits per heavy atom. The number of ketones is 2. The number of carbonyl (C=O) groups excluding carboxylic acids is 4. The molecule has 8 bridgehead atoms. The monoisotopic (exact) mass is 883 g/mol. The summed E-state index contributed by atoms with van der Waals surface area (Å²) in [7, 11) is 1.29. The first-order valence-corrected chi connectivity index (χ1v) is 23.6. The number of esters is 2. The lowest BCUT2D eigenvalue weighted by molar-refractivity contribution is -0.143. The maximum Gasteiger partial charge on any atom is 0.321 e. The number of nitrogens with one attached hydrogen (secondary N) is 2. The average Bonchev–Trinajstić information content (AvgIpc) is 4.00. The van der Waals surface area contributed by atoms with E-state index in [1.54, 1.807) is 6.92 Å². The highest BCUT2D eigenvalue weighted by molar-refractivity contribution is 6.23. The lowest BCUT2D eigenvalue weighted by Gasteiger charge is -2.18. The van der Waals surface area contributed by atoms with E-state index < -0.39 is 11.9 Å². The maximum absolute atomic E-state index is 14.4. The molecule has 0 fully saturated rings. The number of rotatable bonds is 17. The molecule has 0 saturated heterocycles. The minimum absolute atomic E-state index is 0.0585. The molecule has 0 radical (unpaired) electrons. The van der Waals surface area contributed by atoms with Crippen LogP contribution in [-0.4, -0.2) is 57.2 Å². The van der Waals surface area contributed by atoms with Crippen LogP contribution in [0.25, 0.3) is 22.1 Å². The van der Waals surface area contributed by atoms with E-state index in [-0.39, 0.29) is 54.2 Å². The van der Waals surface area contributed by atoms with Crippen LogP contribution in [0.2, 0.25) is 0 Å². The molecule has 2 N–H and O–H groups in total. The number of hydrogen-bond donors (Lipinski definition) is 2. The van der Waals surface area contributed by atoms with Gasteiger partial charge in [0, 0.05) is 74.9 Å². The van der Waals surface area contributed by atoms with Crippen LogP contribution in [0.4, 0.5) is 0 Å². The number of H-pyrrole nitrogens is 2. The third-order valence-corrected chi connectivity index (χ3v) is 13.9. The molecule has 3 aromatic rings. The molecule has 3 aromatic heterocycles. The Morgan fingerprint density at radius 1 is 0.708 bits per heavy atom. The highest BCUT2D eigenvalue weighted by atomic mass is 16.5. The molecule has 0 saturated carbocycles. The van der Waals surface area contributed by atoms with Gasteiger partial charge in [-0.25, -0.2) is 0 Å². The van der Waals surface area contributed by atoms with Crippen LogP contribution in [0.5, 0.6) is 0 Å². The normalized spacial score (nSPS) is 19.7. The van der Waals surface area contributed by atoms with Crippen molar-refractivity contribution in [2.45, 2.75) is 164 Å². The number of fused-ring (bicyclic) bond motifs is 8. The van der Waals surface area contributed by atoms with Crippen molar-refractivity contribution in [3.63, 3.8) is 0 Å². The van der Waals surface area contributed by atoms with Crippen LogP contribution < -0.4 is 0 Å². The minimum atomic E-state index is -1.21. The van der Waals surface area contributed by atoms with Gasteiger partial charge in [0.25, 0.3) is 0 Å². The molecule has 346 valence electrons. The Balaban J connectivity index is 1.28. The van der Waals surface area contributed by atoms with Crippen molar-refractivity contribution >= 4 is 45.6 Å². The Hall–Kier alpha value is -5.64. The summed E-state index contributed by atoms with van der Waals surface area (Å²) in [6.45, 7) is 22.7. The Bertz CT molecular complexity index is 2650. The zero-order valence-corrected chi connectivity index (χ0v) is 40.8. The van der Waals surface area contributed by atoms with Gasteiger partial charge in [-0.3, -0.25) is 29.1 Å². The summed E-state index contributed by atoms with van der Waals surface area (Å²) < 4.78 is 11.0. The standard InChI is InChI=1S/C55H70N4O6/c1-13-39-34(7)41-29-46-48(38(11)60)36(9)43(57-46)27-42-35(8)40(52(58-42)50-51(55(63)64-12)54(62)49-37(10)44(59-53(49)50)28-45(39)56-41)23-24-47(61)65-26-25-33(6)22-16-21-32(5)20-15-19-31(4)18-14-17-30(2)3/h17,19,21,25,27-29,34-35,39-40,51,57,59H,13-16,18,20,22-24,26H2,1-12H3/b31-19+,32-21+,33-25+,41-29?,42-27?,43-27?,44-28?,45-28?,46-29?,52-50?/t34-,35+,39-,40+,51?/m1/s1. The first kappa shape index (κ1) is 48.8. The molecule has 1 aliphatic carbocycles. The van der Waals surface area contributed by atoms with Gasteiger partial charge in [0.15, 0.2) is 11.6 Å². The highest BCUT2D eigenvalue weighted by Crippen LogP contribution is 2.48. The second-order valence-corrected chi connectivity index (χ2v) is 18.9. The summed E-state index contributed by atoms with van der Waals surface area (Å²) in [5.74, 6) is -2.97. The number of aryl methyl sites for hydroxylation is 2. The first-order chi connectivity index (χ1) is 30.9. The molecule has 0 aromatic carbocycles. The van der Waals surface area contributed by atoms with Crippen LogP contribution in [0, 0.1) is 13.8 Å². The number of ether oxygens (including phenoxy) is 2. The SMILES string of the molecule is CC[C@H]1c2cc3[nH]c4c(c3C)C(=O)C(C(=O)OC)c4c3nc(cc4[nH]c(cc(n2)[C@@H]1C)c(C(C)=O)c4C)[C@@H](C)[C@@H]3CCC(=O)OC/C=C(\C)CC/C=C(\C)CC/C=C(\C)CCC=C(C)C. The van der Waals surface area contributed by atoms with Crippen molar-refractivity contribution in [3.05, 3.63) is 115 Å². The van der Waals surface area contributed by atoms with Crippen LogP contribution in [0.15, 0.2) is 64.8 Å². The number of carbonyl (C=O) groups is 4. The number of aromatic amines is 2. The van der Waals surface area contributed by atoms with E-state index in [4.69, 9.17) is 19.4 Å². The van der Waals surface area contributed by atoms with E-state index >= 15 is 0 Å². The zero-order chi connectivity index (χ0) is 47.3. The van der Waals surface area contributed by atoms with Crippen molar-refractivity contribution in [1.82, 2.24) is 19.9 Å². The van der Waals surface area contributed by atoms with Crippen molar-refractivity contribution < 1.29 is 28.7 Å². The Labute approximate surface area is 385 Å². The van der Waals surface area contributed by atoms with Gasteiger partial charge in [0.2, 0.25) is 0 Å². The van der Waals surface area contributed by atoms with Crippen molar-refractivity contribution in [2.24, 2.45) is 0 Å². The van der Waals surface area contributed by atoms with Crippen molar-refractivity contribution in [1.29, 1.82) is 0 Å². The van der Waals surface area contributed by atoms with E-state index in [9.17, 15) is 19.2 Å². The summed E-state index contributed by atoms with van der Waals surface area (Å²) in [6.07, 6.45) is 16.4. The molecule has 65 heavy (non-hydrogen) atoms. The number of hydrogen-bond acceptors (Lipinski definition) is 8. The predicted molar refractivity (Wildman–Crippen MR) is 261 cm³/mol. The van der Waals surface area contributed by atoms with Gasteiger partial charge in [-0.15, -0.1) is 0 Å². The Morgan fingerprint density at radius 2 is 1.28 bits per heavy atom. The topological polar surface area (TPSA) is 144 Å². The minimum Gasteiger partial charge on any atom is -0.468 e. The fourth-order valence-corrected chi connectivity index (χ4v) is 9.94. The van der Waals surface area contributed by atoms with Gasteiger partial charge in [0.05, 0.1) is 23.8 Å². The van der Waals surface area contributed by atoms with Crippen LogP contribution in [0.3, 0.4) is 0 Å². The molecule has 3 aliphatic rings. The Kier molecular flexibility index (Phi) is 15.9. The van der Waals surface area contributed by atoms with Gasteiger partial charge >= 0.3 is 11.9 Å². The summed E-state index contributed by atoms with van der Waals surface area (Å²) in [5, 5.41) is 0. The second-order valence-electron chi connectivity index (χ2n) is 18.9. The smallest absolute Gasteiger partial charge is 0.321 e. The second kappa shape index (κ2) is 21.1. The maximum atomic E-state index is 14.4. The number of methoxy groups -OCH3 is 1. The van der Waals surface area contributed by atoms with Crippen LogP contribution in [0.1, 0.15) is 210 Å². The van der Waals surface area contributed by atoms with E-state index in [1.807, 2.05) is 38.1 Å². The third kappa shape index (κ3) is 10.7. The van der Waals surface area contributed by atoms with E-state index in [0.29, 0.717) is 45.5 Å². The largest absolute Gasteiger partial charge is 0.468 e. The molecular formula is C55H70N4O6. The molecule has 0 amide bonds. The lowest BCUT2D eigenvalue weighted by atomic mass is 9.84. The zero-order valence-electron chi connectivity index (χ0n) is 40.8. The number of aromatic nitrogens is 4. The summed E-state index contributed by atoms with van der Waals surface area (Å²) in [4.78, 5) is 72.1. The number of allylic oxidation sites excluding steroid dienone is 7. The molecule has 10 nitrogen and oxygen atoms in total. The van der Waals surface area contributed by atoms with E-state index in [2.05, 4.69) is 83.6 Å². The van der Waals surface area contributed by atoms with Gasteiger partial charge in [-0.05, 0) is 142 Å². The summed E-state index contributed by atoms with van der Waals surface area (Å²) in [6, 6.07) is 5.97. The van der Waals surface area contributed by atoms with Crippen LogP contribution >= 0.6 is 0 Å². The predicted octanol–water partition coefficient (Wildman–Crippen LogP) is 13.2. The molecule has 6 rings (SSSR count). The number of nitrogens with zero attached hydrogens (tertiary/aromatic N) is 2. The third-order valence-electron chi connectivity index (χ3n) is 13.9. The summed E-state index contributed by atoms with van der Waals surface area (Å²) in [5.41, 5.74) is 14.2. The van der Waals surface area contributed by atoms with E-state index in [1.165, 1.54) is 23.8 Å². The first-order valence-electron chi connectivity index (χ1n) is 23.6. The van der Waals surface area contributed by atoms with Crippen molar-refractivity contribution in [3.8, 4) is 0 Å². The van der Waals surface area contributed by atoms with Gasteiger partial charge in [0.1, 0.15) is 12.5 Å². The quantitative estimate of drug-likeness (QED) is 0.0590. The lowest BCUT2D eigenvalue weighted by Crippen LogP contribution is -2.21.